The summed E-state index contributed by atoms with van der Waals surface area (Å²) >= 11 is 0. The van der Waals surface area contributed by atoms with Gasteiger partial charge >= 0.3 is 0 Å². The second kappa shape index (κ2) is 4.86. The highest BCUT2D eigenvalue weighted by Gasteiger charge is 2.16. The minimum Gasteiger partial charge on any atom is -0.306 e. The van der Waals surface area contributed by atoms with Crippen LogP contribution in [0.5, 0.6) is 0 Å². The van der Waals surface area contributed by atoms with Crippen molar-refractivity contribution in [2.24, 2.45) is 5.92 Å². The van der Waals surface area contributed by atoms with Gasteiger partial charge in [0.05, 0.1) is 0 Å². The van der Waals surface area contributed by atoms with Crippen LogP contribution >= 0.6 is 0 Å². The van der Waals surface area contributed by atoms with E-state index in [1.807, 2.05) is 0 Å². The van der Waals surface area contributed by atoms with Crippen LogP contribution in [-0.2, 0) is 0 Å². The molecule has 1 radical (unpaired) electrons. The Bertz CT molecular complexity index is 114. The third kappa shape index (κ3) is 3.14. The zero-order valence-electron chi connectivity index (χ0n) is 8.55. The minimum atomic E-state index is 0.521. The average Bonchev–Trinajstić information content (AvgIpc) is 2.06. The van der Waals surface area contributed by atoms with Crippen molar-refractivity contribution in [1.82, 2.24) is 4.90 Å². The van der Waals surface area contributed by atoms with E-state index in [1.54, 1.807) is 0 Å². The van der Waals surface area contributed by atoms with Crippen molar-refractivity contribution in [3.8, 4) is 0 Å². The zero-order valence-corrected chi connectivity index (χ0v) is 8.55. The van der Waals surface area contributed by atoms with Crippen molar-refractivity contribution in [1.29, 1.82) is 0 Å². The number of hydrogen-bond acceptors (Lipinski definition) is 1. The first-order valence-corrected chi connectivity index (χ1v) is 5.19. The standard InChI is InChI=1S/C11H22N/c1-10(12(2)3)9-11-7-5-4-6-8-11/h10-11H,1,4-9H2,2-3H3. The molecule has 0 saturated heterocycles. The lowest BCUT2D eigenvalue weighted by atomic mass is 9.85. The topological polar surface area (TPSA) is 3.24 Å². The molecule has 0 aliphatic heterocycles. The summed E-state index contributed by atoms with van der Waals surface area (Å²) in [4.78, 5) is 2.23. The third-order valence-corrected chi connectivity index (χ3v) is 3.06. The van der Waals surface area contributed by atoms with Gasteiger partial charge < -0.3 is 4.90 Å². The van der Waals surface area contributed by atoms with Crippen LogP contribution in [0.25, 0.3) is 0 Å². The van der Waals surface area contributed by atoms with Gasteiger partial charge in [-0.2, -0.15) is 0 Å². The largest absolute Gasteiger partial charge is 0.306 e. The van der Waals surface area contributed by atoms with Crippen LogP contribution in [-0.4, -0.2) is 25.0 Å². The van der Waals surface area contributed by atoms with Crippen molar-refractivity contribution in [2.75, 3.05) is 14.1 Å². The fraction of sp³-hybridized carbons (Fsp3) is 0.909. The van der Waals surface area contributed by atoms with Crippen molar-refractivity contribution in [3.05, 3.63) is 6.92 Å². The molecule has 0 spiro atoms. The van der Waals surface area contributed by atoms with Crippen LogP contribution in [0, 0.1) is 12.8 Å². The van der Waals surface area contributed by atoms with Crippen molar-refractivity contribution in [3.63, 3.8) is 0 Å². The quantitative estimate of drug-likeness (QED) is 0.626. The van der Waals surface area contributed by atoms with E-state index < -0.39 is 0 Å². The van der Waals surface area contributed by atoms with Gasteiger partial charge in [0.2, 0.25) is 0 Å². The van der Waals surface area contributed by atoms with E-state index in [4.69, 9.17) is 0 Å². The molecule has 0 bridgehead atoms. The van der Waals surface area contributed by atoms with E-state index in [2.05, 4.69) is 25.9 Å². The lowest BCUT2D eigenvalue weighted by molar-refractivity contribution is 0.247. The molecule has 0 heterocycles. The highest BCUT2D eigenvalue weighted by molar-refractivity contribution is 4.75. The summed E-state index contributed by atoms with van der Waals surface area (Å²) in [5.74, 6) is 0.962. The van der Waals surface area contributed by atoms with E-state index in [-0.39, 0.29) is 0 Å². The molecular weight excluding hydrogens is 146 g/mol. The first-order valence-electron chi connectivity index (χ1n) is 5.19. The predicted octanol–water partition coefficient (Wildman–Crippen LogP) is 2.72. The Kier molecular flexibility index (Phi) is 4.07. The fourth-order valence-electron chi connectivity index (χ4n) is 2.02. The molecule has 0 N–H and O–H groups in total. The van der Waals surface area contributed by atoms with Crippen molar-refractivity contribution >= 4 is 0 Å². The first kappa shape index (κ1) is 10.0. The molecule has 1 unspecified atom stereocenters. The van der Waals surface area contributed by atoms with Crippen molar-refractivity contribution < 1.29 is 0 Å². The van der Waals surface area contributed by atoms with Crippen LogP contribution in [0.2, 0.25) is 0 Å². The molecule has 1 aliphatic carbocycles. The molecule has 1 atom stereocenters. The van der Waals surface area contributed by atoms with E-state index in [0.717, 1.165) is 5.92 Å². The summed E-state index contributed by atoms with van der Waals surface area (Å²) < 4.78 is 0. The van der Waals surface area contributed by atoms with E-state index >= 15 is 0 Å². The smallest absolute Gasteiger partial charge is 0.00923 e. The Morgan fingerprint density at radius 2 is 1.83 bits per heavy atom. The maximum absolute atomic E-state index is 4.16. The Balaban J connectivity index is 2.20. The molecule has 1 saturated carbocycles. The summed E-state index contributed by atoms with van der Waals surface area (Å²) in [6, 6.07) is 0.521. The highest BCUT2D eigenvalue weighted by atomic mass is 15.1. The van der Waals surface area contributed by atoms with Gasteiger partial charge in [0, 0.05) is 6.04 Å². The van der Waals surface area contributed by atoms with E-state index in [1.165, 1.54) is 38.5 Å². The molecular formula is C11H22N. The van der Waals surface area contributed by atoms with E-state index in [0.29, 0.717) is 6.04 Å². The molecule has 1 nitrogen and oxygen atoms in total. The van der Waals surface area contributed by atoms with Gasteiger partial charge in [-0.25, -0.2) is 0 Å². The second-order valence-electron chi connectivity index (χ2n) is 4.36. The summed E-state index contributed by atoms with van der Waals surface area (Å²) in [5.41, 5.74) is 0. The number of rotatable bonds is 3. The normalized spacial score (nSPS) is 23.0. The molecule has 71 valence electrons. The Morgan fingerprint density at radius 3 is 2.33 bits per heavy atom. The summed E-state index contributed by atoms with van der Waals surface area (Å²) in [5, 5.41) is 0. The Labute approximate surface area is 77.1 Å². The number of hydrogen-bond donors (Lipinski definition) is 0. The molecule has 0 aromatic heterocycles. The SMILES string of the molecule is [CH2]C(CC1CCCCC1)N(C)C. The van der Waals surface area contributed by atoms with Crippen LogP contribution in [0.3, 0.4) is 0 Å². The van der Waals surface area contributed by atoms with Gasteiger partial charge in [-0.05, 0) is 33.4 Å². The molecule has 12 heavy (non-hydrogen) atoms. The fourth-order valence-corrected chi connectivity index (χ4v) is 2.02. The van der Waals surface area contributed by atoms with Crippen LogP contribution in [0.15, 0.2) is 0 Å². The molecule has 1 rings (SSSR count). The highest BCUT2D eigenvalue weighted by Crippen LogP contribution is 2.27. The van der Waals surface area contributed by atoms with Gasteiger partial charge in [-0.1, -0.05) is 32.1 Å². The van der Waals surface area contributed by atoms with Gasteiger partial charge in [0.1, 0.15) is 0 Å². The van der Waals surface area contributed by atoms with Crippen LogP contribution in [0.1, 0.15) is 38.5 Å². The zero-order chi connectivity index (χ0) is 8.97. The molecule has 1 aliphatic rings. The summed E-state index contributed by atoms with van der Waals surface area (Å²) in [6.07, 6.45) is 8.54. The van der Waals surface area contributed by atoms with Gasteiger partial charge in [-0.3, -0.25) is 0 Å². The monoisotopic (exact) mass is 168 g/mol. The second-order valence-corrected chi connectivity index (χ2v) is 4.36. The van der Waals surface area contributed by atoms with Crippen LogP contribution in [0.4, 0.5) is 0 Å². The minimum absolute atomic E-state index is 0.521. The molecule has 1 heteroatoms. The van der Waals surface area contributed by atoms with Gasteiger partial charge in [0.25, 0.3) is 0 Å². The molecule has 0 amide bonds. The Hall–Kier alpha value is -0.0400. The van der Waals surface area contributed by atoms with Gasteiger partial charge in [-0.15, -0.1) is 0 Å². The third-order valence-electron chi connectivity index (χ3n) is 3.06. The average molecular weight is 168 g/mol. The summed E-state index contributed by atoms with van der Waals surface area (Å²) in [6.45, 7) is 4.16. The summed E-state index contributed by atoms with van der Waals surface area (Å²) in [7, 11) is 4.25. The number of nitrogens with zero attached hydrogens (tertiary/aromatic N) is 1. The lowest BCUT2D eigenvalue weighted by Gasteiger charge is -2.27. The molecule has 1 fully saturated rings. The van der Waals surface area contributed by atoms with Crippen molar-refractivity contribution in [2.45, 2.75) is 44.6 Å². The van der Waals surface area contributed by atoms with Gasteiger partial charge in [0.15, 0.2) is 0 Å². The lowest BCUT2D eigenvalue weighted by Crippen LogP contribution is -2.28. The first-order chi connectivity index (χ1) is 5.70. The van der Waals surface area contributed by atoms with E-state index in [9.17, 15) is 0 Å². The molecule has 0 aromatic rings. The van der Waals surface area contributed by atoms with Crippen LogP contribution < -0.4 is 0 Å². The maximum Gasteiger partial charge on any atom is 0.00923 e. The maximum atomic E-state index is 4.16. The predicted molar refractivity (Wildman–Crippen MR) is 54.0 cm³/mol. The molecule has 0 aromatic carbocycles. The Morgan fingerprint density at radius 1 is 1.25 bits per heavy atom.